The lowest BCUT2D eigenvalue weighted by atomic mass is 10.0. The van der Waals surface area contributed by atoms with Crippen LogP contribution in [0.2, 0.25) is 0 Å². The number of piperazine rings is 1. The number of hydrogen-bond donors (Lipinski definition) is 1. The summed E-state index contributed by atoms with van der Waals surface area (Å²) >= 11 is 0. The van der Waals surface area contributed by atoms with Gasteiger partial charge in [0.2, 0.25) is 0 Å². The van der Waals surface area contributed by atoms with E-state index in [1.54, 1.807) is 0 Å². The number of hydrogen-bond acceptors (Lipinski definition) is 6. The summed E-state index contributed by atoms with van der Waals surface area (Å²) in [7, 11) is 0. The first kappa shape index (κ1) is 33.5. The van der Waals surface area contributed by atoms with E-state index in [0.29, 0.717) is 6.04 Å². The van der Waals surface area contributed by atoms with Gasteiger partial charge >= 0.3 is 0 Å². The van der Waals surface area contributed by atoms with E-state index >= 15 is 0 Å². The molecule has 0 atom stereocenters. The van der Waals surface area contributed by atoms with Crippen LogP contribution in [0.4, 0.5) is 0 Å². The molecule has 2 aliphatic heterocycles. The maximum absolute atomic E-state index is 4.51. The molecule has 4 aromatic rings. The molecule has 236 valence electrons. The highest BCUT2D eigenvalue weighted by atomic mass is 15.3. The molecule has 0 amide bonds. The van der Waals surface area contributed by atoms with Gasteiger partial charge in [-0.15, -0.1) is 0 Å². The van der Waals surface area contributed by atoms with Gasteiger partial charge in [0.1, 0.15) is 0 Å². The summed E-state index contributed by atoms with van der Waals surface area (Å²) < 4.78 is 2.11. The average molecular weight is 596 g/mol. The monoisotopic (exact) mass is 595 g/mol. The Bertz CT molecular complexity index is 1420. The summed E-state index contributed by atoms with van der Waals surface area (Å²) in [6.07, 6.45) is 14.0. The van der Waals surface area contributed by atoms with Gasteiger partial charge in [-0.3, -0.25) is 24.4 Å². The Hall–Kier alpha value is -3.39. The SMILES string of the molecule is CC.Cc1cncc(-c2cccc(CN3CCN(C(C)(C)C)CC3)c2)c1.Cc1cncc(-c2cnn(C3CCNCC3)c2)c1. The van der Waals surface area contributed by atoms with Crippen LogP contribution in [-0.4, -0.2) is 74.4 Å². The smallest absolute Gasteiger partial charge is 0.0569 e. The number of piperidine rings is 1. The maximum atomic E-state index is 4.51. The zero-order chi connectivity index (χ0) is 31.5. The van der Waals surface area contributed by atoms with Crippen LogP contribution in [0.15, 0.2) is 73.6 Å². The molecule has 7 heteroatoms. The fraction of sp³-hybridized carbons (Fsp3) is 0.486. The van der Waals surface area contributed by atoms with Crippen molar-refractivity contribution in [3.05, 3.63) is 90.3 Å². The predicted molar refractivity (Wildman–Crippen MR) is 184 cm³/mol. The number of pyridine rings is 2. The second kappa shape index (κ2) is 16.1. The van der Waals surface area contributed by atoms with E-state index in [-0.39, 0.29) is 5.54 Å². The van der Waals surface area contributed by atoms with Gasteiger partial charge in [0.15, 0.2) is 0 Å². The molecule has 2 fully saturated rings. The molecule has 0 saturated carbocycles. The Morgan fingerprint density at radius 1 is 0.750 bits per heavy atom. The Kier molecular flexibility index (Phi) is 12.2. The van der Waals surface area contributed by atoms with Gasteiger partial charge in [0, 0.05) is 85.9 Å². The summed E-state index contributed by atoms with van der Waals surface area (Å²) in [6, 6.07) is 13.8. The lowest BCUT2D eigenvalue weighted by Crippen LogP contribution is -2.53. The van der Waals surface area contributed by atoms with Gasteiger partial charge in [-0.25, -0.2) is 0 Å². The molecule has 2 aliphatic rings. The summed E-state index contributed by atoms with van der Waals surface area (Å²) in [4.78, 5) is 13.7. The van der Waals surface area contributed by atoms with E-state index < -0.39 is 0 Å². The van der Waals surface area contributed by atoms with Crippen molar-refractivity contribution in [3.8, 4) is 22.3 Å². The van der Waals surface area contributed by atoms with Crippen LogP contribution in [-0.2, 0) is 6.54 Å². The Labute approximate surface area is 265 Å². The van der Waals surface area contributed by atoms with Crippen molar-refractivity contribution in [2.45, 2.75) is 79.4 Å². The zero-order valence-corrected chi connectivity index (χ0v) is 28.1. The molecular formula is C37H53N7. The number of aryl methyl sites for hydroxylation is 2. The molecule has 3 aromatic heterocycles. The van der Waals surface area contributed by atoms with Gasteiger partial charge in [-0.1, -0.05) is 32.0 Å². The van der Waals surface area contributed by atoms with Crippen LogP contribution in [0.3, 0.4) is 0 Å². The molecule has 44 heavy (non-hydrogen) atoms. The first-order valence-corrected chi connectivity index (χ1v) is 16.4. The van der Waals surface area contributed by atoms with Gasteiger partial charge < -0.3 is 5.32 Å². The van der Waals surface area contributed by atoms with Crippen LogP contribution in [0.1, 0.15) is 70.2 Å². The number of aromatic nitrogens is 4. The second-order valence-corrected chi connectivity index (χ2v) is 12.8. The lowest BCUT2D eigenvalue weighted by molar-refractivity contribution is 0.0591. The van der Waals surface area contributed by atoms with Crippen molar-refractivity contribution in [1.82, 2.24) is 34.9 Å². The average Bonchev–Trinajstić information content (AvgIpc) is 3.54. The topological polar surface area (TPSA) is 62.1 Å². The lowest BCUT2D eigenvalue weighted by Gasteiger charge is -2.42. The fourth-order valence-electron chi connectivity index (χ4n) is 5.87. The zero-order valence-electron chi connectivity index (χ0n) is 28.1. The van der Waals surface area contributed by atoms with E-state index in [0.717, 1.165) is 69.8 Å². The van der Waals surface area contributed by atoms with E-state index in [9.17, 15) is 0 Å². The van der Waals surface area contributed by atoms with Crippen molar-refractivity contribution in [1.29, 1.82) is 0 Å². The Morgan fingerprint density at radius 2 is 1.36 bits per heavy atom. The van der Waals surface area contributed by atoms with Gasteiger partial charge in [0.25, 0.3) is 0 Å². The van der Waals surface area contributed by atoms with Crippen molar-refractivity contribution in [2.24, 2.45) is 0 Å². The van der Waals surface area contributed by atoms with Crippen LogP contribution in [0, 0.1) is 13.8 Å². The minimum absolute atomic E-state index is 0.282. The summed E-state index contributed by atoms with van der Waals surface area (Å²) in [5.41, 5.74) is 8.83. The highest BCUT2D eigenvalue weighted by Gasteiger charge is 2.25. The van der Waals surface area contributed by atoms with E-state index in [1.165, 1.54) is 27.8 Å². The maximum Gasteiger partial charge on any atom is 0.0569 e. The third-order valence-electron chi connectivity index (χ3n) is 8.36. The molecule has 0 bridgehead atoms. The largest absolute Gasteiger partial charge is 0.317 e. The molecule has 6 rings (SSSR count). The highest BCUT2D eigenvalue weighted by Crippen LogP contribution is 2.24. The van der Waals surface area contributed by atoms with Crippen LogP contribution in [0.25, 0.3) is 22.3 Å². The molecule has 0 aliphatic carbocycles. The first-order chi connectivity index (χ1) is 21.2. The number of nitrogens with zero attached hydrogens (tertiary/aromatic N) is 6. The van der Waals surface area contributed by atoms with Crippen molar-refractivity contribution >= 4 is 0 Å². The van der Waals surface area contributed by atoms with Gasteiger partial charge in [-0.2, -0.15) is 5.10 Å². The van der Waals surface area contributed by atoms with Crippen molar-refractivity contribution in [2.75, 3.05) is 39.3 Å². The molecule has 7 nitrogen and oxygen atoms in total. The Morgan fingerprint density at radius 3 is 1.95 bits per heavy atom. The molecule has 2 saturated heterocycles. The summed E-state index contributed by atoms with van der Waals surface area (Å²) in [6.45, 7) is 22.9. The molecule has 0 unspecified atom stereocenters. The number of nitrogens with one attached hydrogen (secondary N) is 1. The van der Waals surface area contributed by atoms with Gasteiger partial charge in [-0.05, 0) is 101 Å². The standard InChI is InChI=1S/C21H29N3.C14H18N4.C2H6/c1-17-12-20(15-22-14-17)19-7-5-6-18(13-19)16-23-8-10-24(11-9-23)21(2,3)4;1-11-6-12(8-16-7-11)13-9-17-18(10-13)14-2-4-15-5-3-14;1-2/h5-7,12-15H,8-11,16H2,1-4H3;6-10,14-15H,2-5H2,1H3;1-2H3. The minimum Gasteiger partial charge on any atom is -0.317 e. The highest BCUT2D eigenvalue weighted by molar-refractivity contribution is 5.64. The van der Waals surface area contributed by atoms with Crippen LogP contribution < -0.4 is 5.32 Å². The molecule has 0 spiro atoms. The van der Waals surface area contributed by atoms with Crippen molar-refractivity contribution < 1.29 is 0 Å². The minimum atomic E-state index is 0.282. The van der Waals surface area contributed by atoms with E-state index in [2.05, 4.69) is 112 Å². The third kappa shape index (κ3) is 9.55. The van der Waals surface area contributed by atoms with Crippen LogP contribution in [0.5, 0.6) is 0 Å². The van der Waals surface area contributed by atoms with E-state index in [1.807, 2.05) is 44.8 Å². The van der Waals surface area contributed by atoms with Crippen LogP contribution >= 0.6 is 0 Å². The molecule has 5 heterocycles. The molecule has 1 N–H and O–H groups in total. The molecule has 1 aromatic carbocycles. The summed E-state index contributed by atoms with van der Waals surface area (Å²) in [5, 5.41) is 7.89. The quantitative estimate of drug-likeness (QED) is 0.264. The molecular weight excluding hydrogens is 542 g/mol. The van der Waals surface area contributed by atoms with E-state index in [4.69, 9.17) is 0 Å². The fourth-order valence-corrected chi connectivity index (χ4v) is 5.87. The number of rotatable bonds is 5. The summed E-state index contributed by atoms with van der Waals surface area (Å²) in [5.74, 6) is 0. The van der Waals surface area contributed by atoms with Gasteiger partial charge in [0.05, 0.1) is 12.2 Å². The predicted octanol–water partition coefficient (Wildman–Crippen LogP) is 7.18. The van der Waals surface area contributed by atoms with Crippen molar-refractivity contribution in [3.63, 3.8) is 0 Å². The normalized spacial score (nSPS) is 16.4. The molecule has 0 radical (unpaired) electrons. The first-order valence-electron chi connectivity index (χ1n) is 16.4. The third-order valence-corrected chi connectivity index (χ3v) is 8.36. The second-order valence-electron chi connectivity index (χ2n) is 12.8. The Balaban J connectivity index is 0.000000197. The number of benzene rings is 1.